The van der Waals surface area contributed by atoms with Crippen LogP contribution in [-0.2, 0) is 12.8 Å². The van der Waals surface area contributed by atoms with Crippen LogP contribution in [0.4, 0.5) is 0 Å². The minimum Gasteiger partial charge on any atom is -0.0666 e. The van der Waals surface area contributed by atoms with Crippen LogP contribution in [0.25, 0.3) is 11.6 Å². The van der Waals surface area contributed by atoms with Crippen molar-refractivity contribution in [2.75, 3.05) is 0 Å². The lowest BCUT2D eigenvalue weighted by atomic mass is 9.70. The highest BCUT2D eigenvalue weighted by molar-refractivity contribution is 5.89. The van der Waals surface area contributed by atoms with E-state index in [1.807, 2.05) is 0 Å². The van der Waals surface area contributed by atoms with E-state index in [4.69, 9.17) is 0 Å². The average molecular weight is 431 g/mol. The molecule has 1 unspecified atom stereocenters. The molecule has 5 rings (SSSR count). The molecule has 3 aromatic rings. The van der Waals surface area contributed by atoms with Gasteiger partial charge in [-0.15, -0.1) is 0 Å². The summed E-state index contributed by atoms with van der Waals surface area (Å²) in [5.74, 6) is 0. The van der Waals surface area contributed by atoms with Gasteiger partial charge in [-0.1, -0.05) is 111 Å². The van der Waals surface area contributed by atoms with Gasteiger partial charge in [0, 0.05) is 5.41 Å². The number of aryl methyl sites for hydroxylation is 1. The zero-order valence-electron chi connectivity index (χ0n) is 20.2. The Hall–Kier alpha value is -3.12. The second kappa shape index (κ2) is 9.02. The SMILES string of the molecule is CCCCC1(C)C=C2C=c3cc(C)c(Cc4ccccc4)cc3=C2C=C1Cc1ccccc1. The van der Waals surface area contributed by atoms with Crippen molar-refractivity contribution in [2.24, 2.45) is 5.41 Å². The molecular weight excluding hydrogens is 396 g/mol. The third-order valence-electron chi connectivity index (χ3n) is 7.47. The molecule has 2 aliphatic rings. The first kappa shape index (κ1) is 21.7. The maximum atomic E-state index is 2.57. The van der Waals surface area contributed by atoms with Gasteiger partial charge in [-0.2, -0.15) is 0 Å². The Morgan fingerprint density at radius 3 is 2.12 bits per heavy atom. The number of benzene rings is 3. The Morgan fingerprint density at radius 1 is 0.788 bits per heavy atom. The molecule has 0 N–H and O–H groups in total. The maximum Gasteiger partial charge on any atom is 0.00783 e. The van der Waals surface area contributed by atoms with Gasteiger partial charge in [0.25, 0.3) is 0 Å². The number of allylic oxidation sites excluding steroid dienone is 4. The van der Waals surface area contributed by atoms with Crippen LogP contribution >= 0.6 is 0 Å². The highest BCUT2D eigenvalue weighted by Crippen LogP contribution is 2.43. The Bertz CT molecular complexity index is 1340. The molecule has 3 aromatic carbocycles. The molecule has 2 aliphatic carbocycles. The first-order chi connectivity index (χ1) is 16.1. The molecule has 0 heterocycles. The summed E-state index contributed by atoms with van der Waals surface area (Å²) in [5, 5.41) is 2.78. The molecular formula is C33H34. The quantitative estimate of drug-likeness (QED) is 0.385. The third-order valence-corrected chi connectivity index (χ3v) is 7.47. The molecule has 0 radical (unpaired) electrons. The van der Waals surface area contributed by atoms with Crippen LogP contribution in [0.1, 0.15) is 55.4 Å². The topological polar surface area (TPSA) is 0 Å². The van der Waals surface area contributed by atoms with E-state index >= 15 is 0 Å². The number of hydrogen-bond donors (Lipinski definition) is 0. The molecule has 0 spiro atoms. The fourth-order valence-corrected chi connectivity index (χ4v) is 5.44. The summed E-state index contributed by atoms with van der Waals surface area (Å²) in [6.07, 6.45) is 13.2. The first-order valence-electron chi connectivity index (χ1n) is 12.4. The molecule has 0 nitrogen and oxygen atoms in total. The van der Waals surface area contributed by atoms with Crippen molar-refractivity contribution in [1.82, 2.24) is 0 Å². The van der Waals surface area contributed by atoms with Gasteiger partial charge in [0.2, 0.25) is 0 Å². The van der Waals surface area contributed by atoms with Crippen molar-refractivity contribution in [2.45, 2.75) is 52.9 Å². The Kier molecular flexibility index (Phi) is 5.94. The lowest BCUT2D eigenvalue weighted by Gasteiger charge is -2.34. The van der Waals surface area contributed by atoms with Gasteiger partial charge in [-0.05, 0) is 82.2 Å². The van der Waals surface area contributed by atoms with Crippen LogP contribution in [-0.4, -0.2) is 0 Å². The molecule has 0 saturated heterocycles. The molecule has 33 heavy (non-hydrogen) atoms. The molecule has 0 aliphatic heterocycles. The minimum absolute atomic E-state index is 0.116. The summed E-state index contributed by atoms with van der Waals surface area (Å²) < 4.78 is 0. The zero-order valence-corrected chi connectivity index (χ0v) is 20.2. The highest BCUT2D eigenvalue weighted by Gasteiger charge is 2.31. The normalized spacial score (nSPS) is 18.8. The second-order valence-electron chi connectivity index (χ2n) is 10.0. The highest BCUT2D eigenvalue weighted by atomic mass is 14.4. The Balaban J connectivity index is 1.61. The summed E-state index contributed by atoms with van der Waals surface area (Å²) >= 11 is 0. The summed E-state index contributed by atoms with van der Waals surface area (Å²) in [6.45, 7) is 7.01. The van der Waals surface area contributed by atoms with Crippen molar-refractivity contribution in [3.05, 3.63) is 129 Å². The standard InChI is InChI=1S/C33H34/c1-4-5-16-33(3)23-29-20-28-17-24(2)27(18-25-12-8-6-9-13-25)21-31(28)32(29)22-30(33)19-26-14-10-7-11-15-26/h6-15,17,20-23H,4-5,16,18-19H2,1-3H3. The predicted octanol–water partition coefficient (Wildman–Crippen LogP) is 6.84. The molecule has 0 heteroatoms. The molecule has 1 atom stereocenters. The van der Waals surface area contributed by atoms with Crippen molar-refractivity contribution >= 4 is 11.6 Å². The predicted molar refractivity (Wildman–Crippen MR) is 141 cm³/mol. The number of hydrogen-bond acceptors (Lipinski definition) is 0. The van der Waals surface area contributed by atoms with E-state index in [1.165, 1.54) is 63.1 Å². The molecule has 0 aromatic heterocycles. The molecule has 0 amide bonds. The lowest BCUT2D eigenvalue weighted by molar-refractivity contribution is 0.435. The minimum atomic E-state index is 0.116. The van der Waals surface area contributed by atoms with Crippen LogP contribution in [0.2, 0.25) is 0 Å². The van der Waals surface area contributed by atoms with Crippen molar-refractivity contribution in [3.63, 3.8) is 0 Å². The van der Waals surface area contributed by atoms with Gasteiger partial charge >= 0.3 is 0 Å². The van der Waals surface area contributed by atoms with E-state index in [0.29, 0.717) is 0 Å². The van der Waals surface area contributed by atoms with Crippen molar-refractivity contribution < 1.29 is 0 Å². The van der Waals surface area contributed by atoms with E-state index < -0.39 is 0 Å². The fraction of sp³-hybridized carbons (Fsp3) is 0.273. The van der Waals surface area contributed by atoms with Crippen molar-refractivity contribution in [1.29, 1.82) is 0 Å². The molecule has 0 bridgehead atoms. The average Bonchev–Trinajstić information content (AvgIpc) is 3.15. The van der Waals surface area contributed by atoms with Gasteiger partial charge in [-0.25, -0.2) is 0 Å². The smallest absolute Gasteiger partial charge is 0.00783 e. The van der Waals surface area contributed by atoms with Crippen LogP contribution in [0.3, 0.4) is 0 Å². The lowest BCUT2D eigenvalue weighted by Crippen LogP contribution is -2.26. The summed E-state index contributed by atoms with van der Waals surface area (Å²) in [7, 11) is 0. The summed E-state index contributed by atoms with van der Waals surface area (Å²) in [4.78, 5) is 0. The van der Waals surface area contributed by atoms with Gasteiger partial charge in [0.1, 0.15) is 0 Å². The van der Waals surface area contributed by atoms with E-state index in [1.54, 1.807) is 5.57 Å². The maximum absolute atomic E-state index is 2.57. The van der Waals surface area contributed by atoms with Crippen LogP contribution < -0.4 is 10.4 Å². The van der Waals surface area contributed by atoms with E-state index in [-0.39, 0.29) is 5.41 Å². The number of fused-ring (bicyclic) bond motifs is 2. The zero-order chi connectivity index (χ0) is 22.8. The van der Waals surface area contributed by atoms with E-state index in [9.17, 15) is 0 Å². The fourth-order valence-electron chi connectivity index (χ4n) is 5.44. The van der Waals surface area contributed by atoms with Gasteiger partial charge in [-0.3, -0.25) is 0 Å². The summed E-state index contributed by atoms with van der Waals surface area (Å²) in [6, 6.07) is 26.6. The van der Waals surface area contributed by atoms with Gasteiger partial charge < -0.3 is 0 Å². The molecule has 0 fully saturated rings. The first-order valence-corrected chi connectivity index (χ1v) is 12.4. The Labute approximate surface area is 198 Å². The van der Waals surface area contributed by atoms with Gasteiger partial charge in [0.05, 0.1) is 0 Å². The summed E-state index contributed by atoms with van der Waals surface area (Å²) in [5.41, 5.74) is 10.1. The number of unbranched alkanes of at least 4 members (excludes halogenated alkanes) is 1. The van der Waals surface area contributed by atoms with Crippen LogP contribution in [0.15, 0.2) is 96.1 Å². The van der Waals surface area contributed by atoms with Crippen LogP contribution in [0, 0.1) is 12.3 Å². The second-order valence-corrected chi connectivity index (χ2v) is 10.0. The molecule has 0 saturated carbocycles. The third kappa shape index (κ3) is 4.40. The Morgan fingerprint density at radius 2 is 1.45 bits per heavy atom. The monoisotopic (exact) mass is 430 g/mol. The largest absolute Gasteiger partial charge is 0.0666 e. The molecule has 166 valence electrons. The number of rotatable bonds is 7. The van der Waals surface area contributed by atoms with Gasteiger partial charge in [0.15, 0.2) is 0 Å². The van der Waals surface area contributed by atoms with E-state index in [2.05, 4.69) is 112 Å². The van der Waals surface area contributed by atoms with Crippen molar-refractivity contribution in [3.8, 4) is 0 Å². The van der Waals surface area contributed by atoms with E-state index in [0.717, 1.165) is 12.8 Å². The van der Waals surface area contributed by atoms with Crippen LogP contribution in [0.5, 0.6) is 0 Å².